The van der Waals surface area contributed by atoms with Crippen molar-refractivity contribution in [3.8, 4) is 0 Å². The lowest BCUT2D eigenvalue weighted by Crippen LogP contribution is -2.45. The molecule has 2 heterocycles. The third-order valence-corrected chi connectivity index (χ3v) is 4.32. The Hall–Kier alpha value is -1.81. The smallest absolute Gasteiger partial charge is 0.222 e. The molecule has 1 amide bonds. The van der Waals surface area contributed by atoms with Crippen molar-refractivity contribution in [1.82, 2.24) is 9.88 Å². The van der Waals surface area contributed by atoms with Crippen molar-refractivity contribution in [3.63, 3.8) is 0 Å². The van der Waals surface area contributed by atoms with Gasteiger partial charge >= 0.3 is 0 Å². The Labute approximate surface area is 125 Å². The van der Waals surface area contributed by atoms with Gasteiger partial charge in [0.25, 0.3) is 0 Å². The van der Waals surface area contributed by atoms with Gasteiger partial charge in [0.15, 0.2) is 0 Å². The summed E-state index contributed by atoms with van der Waals surface area (Å²) >= 11 is 0. The second-order valence-corrected chi connectivity index (χ2v) is 5.96. The number of piperidine rings is 1. The summed E-state index contributed by atoms with van der Waals surface area (Å²) in [4.78, 5) is 17.4. The van der Waals surface area contributed by atoms with Crippen molar-refractivity contribution in [3.05, 3.63) is 36.0 Å². The van der Waals surface area contributed by atoms with Gasteiger partial charge < -0.3 is 15.6 Å². The quantitative estimate of drug-likeness (QED) is 0.906. The fourth-order valence-corrected chi connectivity index (χ4v) is 3.16. The fraction of sp³-hybridized carbons (Fsp3) is 0.471. The predicted molar refractivity (Wildman–Crippen MR) is 85.0 cm³/mol. The predicted octanol–water partition coefficient (Wildman–Crippen LogP) is 2.44. The van der Waals surface area contributed by atoms with Crippen LogP contribution < -0.4 is 5.73 Å². The van der Waals surface area contributed by atoms with Crippen LogP contribution in [0.3, 0.4) is 0 Å². The third-order valence-electron chi connectivity index (χ3n) is 4.32. The fourth-order valence-electron chi connectivity index (χ4n) is 3.16. The van der Waals surface area contributed by atoms with Crippen LogP contribution in [0.5, 0.6) is 0 Å². The van der Waals surface area contributed by atoms with Gasteiger partial charge in [0.05, 0.1) is 0 Å². The minimum absolute atomic E-state index is 0.163. The van der Waals surface area contributed by atoms with Crippen molar-refractivity contribution in [2.24, 2.45) is 5.73 Å². The minimum Gasteiger partial charge on any atom is -0.361 e. The molecule has 3 rings (SSSR count). The van der Waals surface area contributed by atoms with E-state index in [9.17, 15) is 4.79 Å². The average molecular weight is 285 g/mol. The molecule has 1 saturated heterocycles. The largest absolute Gasteiger partial charge is 0.361 e. The number of hydrogen-bond donors (Lipinski definition) is 2. The molecule has 0 unspecified atom stereocenters. The Balaban J connectivity index is 1.52. The molecule has 0 saturated carbocycles. The van der Waals surface area contributed by atoms with Crippen molar-refractivity contribution in [2.45, 2.75) is 38.1 Å². The number of amides is 1. The molecule has 0 spiro atoms. The number of fused-ring (bicyclic) bond motifs is 1. The molecule has 0 radical (unpaired) electrons. The van der Waals surface area contributed by atoms with Gasteiger partial charge in [-0.05, 0) is 37.3 Å². The molecule has 3 N–H and O–H groups in total. The summed E-state index contributed by atoms with van der Waals surface area (Å²) in [5.74, 6) is 0.255. The lowest BCUT2D eigenvalue weighted by Gasteiger charge is -2.30. The van der Waals surface area contributed by atoms with Crippen molar-refractivity contribution >= 4 is 16.8 Å². The summed E-state index contributed by atoms with van der Waals surface area (Å²) in [6.07, 6.45) is 6.59. The number of carbonyl (C=O) groups excluding carboxylic acids is 1. The van der Waals surface area contributed by atoms with E-state index in [4.69, 9.17) is 5.73 Å². The highest BCUT2D eigenvalue weighted by molar-refractivity contribution is 5.83. The molecular weight excluding hydrogens is 262 g/mol. The zero-order valence-electron chi connectivity index (χ0n) is 12.3. The molecule has 1 aliphatic rings. The molecular formula is C17H23N3O. The minimum atomic E-state index is 0.163. The Morgan fingerprint density at radius 3 is 3.10 bits per heavy atom. The number of aromatic nitrogens is 1. The summed E-state index contributed by atoms with van der Waals surface area (Å²) in [7, 11) is 0. The number of carbonyl (C=O) groups is 1. The Morgan fingerprint density at radius 2 is 2.24 bits per heavy atom. The van der Waals surface area contributed by atoms with Crippen LogP contribution >= 0.6 is 0 Å². The number of para-hydroxylation sites is 1. The summed E-state index contributed by atoms with van der Waals surface area (Å²) in [5, 5.41) is 1.27. The molecule has 0 aliphatic carbocycles. The van der Waals surface area contributed by atoms with Crippen LogP contribution in [0.1, 0.15) is 31.2 Å². The number of rotatable bonds is 4. The van der Waals surface area contributed by atoms with Crippen LogP contribution in [0.15, 0.2) is 30.5 Å². The normalized spacial score (nSPS) is 19.1. The molecule has 4 nitrogen and oxygen atoms in total. The number of hydrogen-bond acceptors (Lipinski definition) is 2. The number of nitrogens with one attached hydrogen (secondary N) is 1. The maximum Gasteiger partial charge on any atom is 0.222 e. The van der Waals surface area contributed by atoms with E-state index < -0.39 is 0 Å². The Bertz CT molecular complexity index is 619. The van der Waals surface area contributed by atoms with Crippen LogP contribution in [-0.4, -0.2) is 34.9 Å². The molecule has 112 valence electrons. The maximum atomic E-state index is 12.2. The first-order valence-electron chi connectivity index (χ1n) is 7.82. The van der Waals surface area contributed by atoms with Gasteiger partial charge in [0.1, 0.15) is 0 Å². The van der Waals surface area contributed by atoms with E-state index in [1.54, 1.807) is 0 Å². The van der Waals surface area contributed by atoms with E-state index in [1.807, 2.05) is 11.0 Å². The van der Waals surface area contributed by atoms with Crippen LogP contribution in [0.25, 0.3) is 10.9 Å². The molecule has 1 aliphatic heterocycles. The van der Waals surface area contributed by atoms with E-state index in [1.165, 1.54) is 16.5 Å². The topological polar surface area (TPSA) is 62.1 Å². The van der Waals surface area contributed by atoms with E-state index in [-0.39, 0.29) is 11.9 Å². The second-order valence-electron chi connectivity index (χ2n) is 5.96. The number of H-pyrrole nitrogens is 1. The van der Waals surface area contributed by atoms with E-state index in [2.05, 4.69) is 29.4 Å². The van der Waals surface area contributed by atoms with E-state index >= 15 is 0 Å². The number of likely N-dealkylation sites (tertiary alicyclic amines) is 1. The van der Waals surface area contributed by atoms with E-state index in [0.29, 0.717) is 6.42 Å². The molecule has 1 aromatic heterocycles. The van der Waals surface area contributed by atoms with Crippen molar-refractivity contribution < 1.29 is 4.79 Å². The zero-order chi connectivity index (χ0) is 14.7. The Kier molecular flexibility index (Phi) is 4.25. The monoisotopic (exact) mass is 285 g/mol. The Morgan fingerprint density at radius 1 is 1.38 bits per heavy atom. The standard InChI is InChI=1S/C17H23N3O/c18-14-6-4-10-20(12-14)17(21)9-3-5-13-11-19-16-8-2-1-7-15(13)16/h1-2,7-8,11,14,19H,3-6,9-10,12,18H2/t14-/m1/s1. The molecule has 1 atom stereocenters. The van der Waals surface area contributed by atoms with Gasteiger partial charge in [-0.15, -0.1) is 0 Å². The molecule has 0 bridgehead atoms. The number of aromatic amines is 1. The lowest BCUT2D eigenvalue weighted by atomic mass is 10.0. The van der Waals surface area contributed by atoms with Crippen LogP contribution in [0.4, 0.5) is 0 Å². The number of benzene rings is 1. The van der Waals surface area contributed by atoms with Gasteiger partial charge in [-0.1, -0.05) is 18.2 Å². The van der Waals surface area contributed by atoms with Crippen molar-refractivity contribution in [1.29, 1.82) is 0 Å². The third kappa shape index (κ3) is 3.27. The zero-order valence-corrected chi connectivity index (χ0v) is 12.3. The summed E-state index contributed by atoms with van der Waals surface area (Å²) in [5.41, 5.74) is 8.40. The number of nitrogens with zero attached hydrogens (tertiary/aromatic N) is 1. The SMILES string of the molecule is N[C@@H]1CCCN(C(=O)CCCc2c[nH]c3ccccc23)C1. The molecule has 1 aromatic carbocycles. The van der Waals surface area contributed by atoms with Crippen LogP contribution in [0.2, 0.25) is 0 Å². The second kappa shape index (κ2) is 6.31. The first kappa shape index (κ1) is 14.1. The van der Waals surface area contributed by atoms with Gasteiger partial charge in [-0.25, -0.2) is 0 Å². The van der Waals surface area contributed by atoms with Gasteiger partial charge in [0.2, 0.25) is 5.91 Å². The van der Waals surface area contributed by atoms with Crippen molar-refractivity contribution in [2.75, 3.05) is 13.1 Å². The average Bonchev–Trinajstić information content (AvgIpc) is 2.91. The molecule has 21 heavy (non-hydrogen) atoms. The highest BCUT2D eigenvalue weighted by Crippen LogP contribution is 2.20. The highest BCUT2D eigenvalue weighted by Gasteiger charge is 2.20. The molecule has 4 heteroatoms. The van der Waals surface area contributed by atoms with Crippen LogP contribution in [0, 0.1) is 0 Å². The summed E-state index contributed by atoms with van der Waals surface area (Å²) in [6.45, 7) is 1.60. The summed E-state index contributed by atoms with van der Waals surface area (Å²) in [6, 6.07) is 8.47. The lowest BCUT2D eigenvalue weighted by molar-refractivity contribution is -0.132. The summed E-state index contributed by atoms with van der Waals surface area (Å²) < 4.78 is 0. The first-order chi connectivity index (χ1) is 10.2. The van der Waals surface area contributed by atoms with Crippen LogP contribution in [-0.2, 0) is 11.2 Å². The van der Waals surface area contributed by atoms with Gasteiger partial charge in [-0.2, -0.15) is 0 Å². The highest BCUT2D eigenvalue weighted by atomic mass is 16.2. The first-order valence-corrected chi connectivity index (χ1v) is 7.82. The maximum absolute atomic E-state index is 12.2. The van der Waals surface area contributed by atoms with E-state index in [0.717, 1.165) is 38.8 Å². The van der Waals surface area contributed by atoms with Gasteiger partial charge in [-0.3, -0.25) is 4.79 Å². The van der Waals surface area contributed by atoms with Gasteiger partial charge in [0, 0.05) is 42.7 Å². The molecule has 1 fully saturated rings. The molecule has 2 aromatic rings. The number of aryl methyl sites for hydroxylation is 1. The number of nitrogens with two attached hydrogens (primary N) is 1.